The number of pyridine rings is 1. The predicted octanol–water partition coefficient (Wildman–Crippen LogP) is 4.21. The molecule has 23 heavy (non-hydrogen) atoms. The molecule has 5 nitrogen and oxygen atoms in total. The number of carbonyl (C=O) groups excluding carboxylic acids is 1. The Labute approximate surface area is 141 Å². The van der Waals surface area contributed by atoms with E-state index >= 15 is 0 Å². The Hall–Kier alpha value is -2.27. The average Bonchev–Trinajstić information content (AvgIpc) is 2.55. The van der Waals surface area contributed by atoms with Crippen LogP contribution in [0.1, 0.15) is 30.8 Å². The molecule has 122 valence electrons. The summed E-state index contributed by atoms with van der Waals surface area (Å²) < 4.78 is 5.08. The van der Waals surface area contributed by atoms with Gasteiger partial charge >= 0.3 is 0 Å². The van der Waals surface area contributed by atoms with Crippen LogP contribution in [0.25, 0.3) is 0 Å². The summed E-state index contributed by atoms with van der Waals surface area (Å²) in [4.78, 5) is 16.4. The molecule has 2 N–H and O–H groups in total. The number of anilines is 2. The Morgan fingerprint density at radius 3 is 2.61 bits per heavy atom. The first kappa shape index (κ1) is 17.1. The van der Waals surface area contributed by atoms with Crippen molar-refractivity contribution in [1.82, 2.24) is 4.98 Å². The third-order valence-corrected chi connectivity index (χ3v) is 3.73. The van der Waals surface area contributed by atoms with E-state index in [1.54, 1.807) is 37.6 Å². The molecule has 2 aromatic rings. The smallest absolute Gasteiger partial charge is 0.274 e. The molecule has 0 radical (unpaired) electrons. The summed E-state index contributed by atoms with van der Waals surface area (Å²) in [6.45, 7) is 4.20. The predicted molar refractivity (Wildman–Crippen MR) is 93.6 cm³/mol. The van der Waals surface area contributed by atoms with Crippen molar-refractivity contribution < 1.29 is 9.53 Å². The maximum Gasteiger partial charge on any atom is 0.274 e. The van der Waals surface area contributed by atoms with Crippen LogP contribution in [0.15, 0.2) is 36.5 Å². The van der Waals surface area contributed by atoms with Crippen molar-refractivity contribution in [2.24, 2.45) is 0 Å². The zero-order chi connectivity index (χ0) is 16.8. The van der Waals surface area contributed by atoms with E-state index in [0.29, 0.717) is 28.2 Å². The Balaban J connectivity index is 2.04. The van der Waals surface area contributed by atoms with Crippen LogP contribution < -0.4 is 15.4 Å². The number of benzene rings is 1. The molecule has 1 atom stereocenters. The number of halogens is 1. The summed E-state index contributed by atoms with van der Waals surface area (Å²) in [7, 11) is 1.54. The highest BCUT2D eigenvalue weighted by atomic mass is 35.5. The van der Waals surface area contributed by atoms with Gasteiger partial charge in [-0.15, -0.1) is 0 Å². The number of rotatable bonds is 6. The van der Waals surface area contributed by atoms with E-state index in [1.165, 1.54) is 0 Å². The van der Waals surface area contributed by atoms with Gasteiger partial charge in [-0.1, -0.05) is 18.5 Å². The fourth-order valence-electron chi connectivity index (χ4n) is 1.94. The molecule has 6 heteroatoms. The highest BCUT2D eigenvalue weighted by Gasteiger charge is 2.10. The highest BCUT2D eigenvalue weighted by molar-refractivity contribution is 6.32. The first-order valence-electron chi connectivity index (χ1n) is 7.41. The topological polar surface area (TPSA) is 63.2 Å². The number of carbonyl (C=O) groups is 1. The van der Waals surface area contributed by atoms with Gasteiger partial charge in [0, 0.05) is 11.7 Å². The van der Waals surface area contributed by atoms with Gasteiger partial charge in [0.1, 0.15) is 11.4 Å². The van der Waals surface area contributed by atoms with Crippen LogP contribution in [0.5, 0.6) is 5.75 Å². The first-order valence-corrected chi connectivity index (χ1v) is 7.78. The molecular formula is C17H20ClN3O2. The molecule has 0 aliphatic carbocycles. The minimum Gasteiger partial charge on any atom is -0.495 e. The number of nitrogens with zero attached hydrogens (tertiary/aromatic N) is 1. The molecule has 1 unspecified atom stereocenters. The van der Waals surface area contributed by atoms with E-state index in [-0.39, 0.29) is 5.91 Å². The maximum atomic E-state index is 12.2. The van der Waals surface area contributed by atoms with Crippen LogP contribution >= 0.6 is 11.6 Å². The number of ether oxygens (including phenoxy) is 1. The van der Waals surface area contributed by atoms with Gasteiger partial charge in [0.25, 0.3) is 5.91 Å². The number of aromatic nitrogens is 1. The molecular weight excluding hydrogens is 314 g/mol. The summed E-state index contributed by atoms with van der Waals surface area (Å²) in [5.74, 6) is 0.268. The third-order valence-electron chi connectivity index (χ3n) is 3.43. The summed E-state index contributed by atoms with van der Waals surface area (Å²) in [6.07, 6.45) is 2.67. The zero-order valence-electron chi connectivity index (χ0n) is 13.4. The second-order valence-electron chi connectivity index (χ2n) is 5.19. The van der Waals surface area contributed by atoms with E-state index in [4.69, 9.17) is 16.3 Å². The fraction of sp³-hybridized carbons (Fsp3) is 0.294. The number of nitrogens with one attached hydrogen (secondary N) is 2. The van der Waals surface area contributed by atoms with Crippen LogP contribution in [0, 0.1) is 0 Å². The quantitative estimate of drug-likeness (QED) is 0.831. The van der Waals surface area contributed by atoms with Gasteiger partial charge in [-0.05, 0) is 43.7 Å². The molecule has 1 amide bonds. The lowest BCUT2D eigenvalue weighted by atomic mass is 10.2. The van der Waals surface area contributed by atoms with Gasteiger partial charge < -0.3 is 15.4 Å². The van der Waals surface area contributed by atoms with Crippen molar-refractivity contribution in [2.45, 2.75) is 26.3 Å². The van der Waals surface area contributed by atoms with E-state index < -0.39 is 0 Å². The van der Waals surface area contributed by atoms with Crippen molar-refractivity contribution in [3.63, 3.8) is 0 Å². The second-order valence-corrected chi connectivity index (χ2v) is 5.60. The van der Waals surface area contributed by atoms with Crippen molar-refractivity contribution in [3.05, 3.63) is 47.2 Å². The fourth-order valence-corrected chi connectivity index (χ4v) is 2.20. The Morgan fingerprint density at radius 2 is 2.04 bits per heavy atom. The largest absolute Gasteiger partial charge is 0.495 e. The first-order chi connectivity index (χ1) is 11.0. The summed E-state index contributed by atoms with van der Waals surface area (Å²) in [5.41, 5.74) is 1.82. The van der Waals surface area contributed by atoms with Crippen molar-refractivity contribution in [1.29, 1.82) is 0 Å². The Bertz CT molecular complexity index is 674. The second kappa shape index (κ2) is 7.83. The van der Waals surface area contributed by atoms with Gasteiger partial charge in [0.2, 0.25) is 0 Å². The number of amides is 1. The van der Waals surface area contributed by atoms with Gasteiger partial charge in [0.05, 0.1) is 24.0 Å². The molecule has 2 rings (SSSR count). The molecule has 1 aromatic carbocycles. The van der Waals surface area contributed by atoms with Crippen LogP contribution in [0.4, 0.5) is 11.4 Å². The Morgan fingerprint density at radius 1 is 1.30 bits per heavy atom. The number of hydrogen-bond donors (Lipinski definition) is 2. The lowest BCUT2D eigenvalue weighted by molar-refractivity contribution is 0.102. The average molecular weight is 334 g/mol. The van der Waals surface area contributed by atoms with Crippen LogP contribution in [0.2, 0.25) is 5.02 Å². The van der Waals surface area contributed by atoms with E-state index in [9.17, 15) is 4.79 Å². The molecule has 0 aliphatic heterocycles. The van der Waals surface area contributed by atoms with Gasteiger partial charge in [-0.25, -0.2) is 4.98 Å². The molecule has 0 bridgehead atoms. The molecule has 0 saturated heterocycles. The minimum atomic E-state index is -0.290. The zero-order valence-corrected chi connectivity index (χ0v) is 14.1. The molecule has 1 heterocycles. The van der Waals surface area contributed by atoms with Gasteiger partial charge in [-0.3, -0.25) is 4.79 Å². The van der Waals surface area contributed by atoms with Crippen LogP contribution in [-0.2, 0) is 0 Å². The van der Waals surface area contributed by atoms with Gasteiger partial charge in [-0.2, -0.15) is 0 Å². The van der Waals surface area contributed by atoms with Crippen LogP contribution in [0.3, 0.4) is 0 Å². The lowest BCUT2D eigenvalue weighted by Gasteiger charge is -2.12. The normalized spacial score (nSPS) is 11.7. The number of methoxy groups -OCH3 is 1. The van der Waals surface area contributed by atoms with E-state index in [1.807, 2.05) is 6.07 Å². The van der Waals surface area contributed by atoms with Crippen LogP contribution in [-0.4, -0.2) is 24.0 Å². The summed E-state index contributed by atoms with van der Waals surface area (Å²) in [6, 6.07) is 8.95. The molecule has 0 spiro atoms. The SMILES string of the molecule is CCC(C)Nc1ccc(C(=O)Nc2ccc(OC)c(Cl)c2)nc1. The summed E-state index contributed by atoms with van der Waals surface area (Å²) >= 11 is 6.04. The van der Waals surface area contributed by atoms with E-state index in [0.717, 1.165) is 12.1 Å². The minimum absolute atomic E-state index is 0.290. The maximum absolute atomic E-state index is 12.2. The van der Waals surface area contributed by atoms with E-state index in [2.05, 4.69) is 29.5 Å². The Kier molecular flexibility index (Phi) is 5.82. The molecule has 0 saturated carbocycles. The monoisotopic (exact) mass is 333 g/mol. The molecule has 0 fully saturated rings. The van der Waals surface area contributed by atoms with Crippen molar-refractivity contribution in [2.75, 3.05) is 17.7 Å². The summed E-state index contributed by atoms with van der Waals surface area (Å²) in [5, 5.41) is 6.50. The standard InChI is InChI=1S/C17H20ClN3O2/c1-4-11(2)20-13-5-7-15(19-10-13)17(22)21-12-6-8-16(23-3)14(18)9-12/h5-11,20H,4H2,1-3H3,(H,21,22). The van der Waals surface area contributed by atoms with Crippen molar-refractivity contribution >= 4 is 28.9 Å². The molecule has 0 aliphatic rings. The lowest BCUT2D eigenvalue weighted by Crippen LogP contribution is -2.16. The number of hydrogen-bond acceptors (Lipinski definition) is 4. The van der Waals surface area contributed by atoms with Crippen molar-refractivity contribution in [3.8, 4) is 5.75 Å². The molecule has 1 aromatic heterocycles. The third kappa shape index (κ3) is 4.60. The van der Waals surface area contributed by atoms with Gasteiger partial charge in [0.15, 0.2) is 0 Å². The highest BCUT2D eigenvalue weighted by Crippen LogP contribution is 2.27.